The molecule has 5 nitrogen and oxygen atoms in total. The van der Waals surface area contributed by atoms with Crippen molar-refractivity contribution in [2.24, 2.45) is 5.92 Å². The van der Waals surface area contributed by atoms with Crippen LogP contribution < -0.4 is 5.32 Å². The van der Waals surface area contributed by atoms with Crippen LogP contribution in [0, 0.1) is 19.8 Å². The molecule has 1 fully saturated rings. The molecule has 1 aromatic heterocycles. The molecule has 0 aliphatic carbocycles. The first-order valence-electron chi connectivity index (χ1n) is 8.25. The van der Waals surface area contributed by atoms with Crippen molar-refractivity contribution in [1.82, 2.24) is 4.90 Å². The number of amides is 2. The first-order valence-corrected chi connectivity index (χ1v) is 8.25. The summed E-state index contributed by atoms with van der Waals surface area (Å²) in [5.41, 5.74) is 3.04. The van der Waals surface area contributed by atoms with E-state index in [1.54, 1.807) is 17.0 Å². The van der Waals surface area contributed by atoms with Gasteiger partial charge in [-0.3, -0.25) is 9.59 Å². The molecular formula is C19H22N2O3. The average Bonchev–Trinajstić information content (AvgIpc) is 3.11. The summed E-state index contributed by atoms with van der Waals surface area (Å²) in [4.78, 5) is 26.7. The van der Waals surface area contributed by atoms with E-state index >= 15 is 0 Å². The molecule has 1 aromatic carbocycles. The summed E-state index contributed by atoms with van der Waals surface area (Å²) in [6, 6.07) is 9.31. The Morgan fingerprint density at radius 1 is 1.25 bits per heavy atom. The van der Waals surface area contributed by atoms with Gasteiger partial charge in [0.15, 0.2) is 5.76 Å². The first kappa shape index (κ1) is 16.3. The van der Waals surface area contributed by atoms with Gasteiger partial charge in [-0.25, -0.2) is 0 Å². The molecule has 126 valence electrons. The zero-order chi connectivity index (χ0) is 17.1. The second-order valence-electron chi connectivity index (χ2n) is 6.38. The number of piperidine rings is 1. The number of hydrogen-bond acceptors (Lipinski definition) is 3. The molecule has 1 atom stereocenters. The third-order valence-corrected chi connectivity index (χ3v) is 4.45. The molecule has 1 N–H and O–H groups in total. The Balaban J connectivity index is 1.65. The maximum atomic E-state index is 12.6. The van der Waals surface area contributed by atoms with E-state index in [1.165, 1.54) is 11.8 Å². The van der Waals surface area contributed by atoms with Crippen LogP contribution in [0.2, 0.25) is 0 Å². The highest BCUT2D eigenvalue weighted by atomic mass is 16.3. The molecule has 24 heavy (non-hydrogen) atoms. The average molecular weight is 326 g/mol. The number of furan rings is 1. The van der Waals surface area contributed by atoms with Gasteiger partial charge in [0.1, 0.15) is 0 Å². The number of aryl methyl sites for hydroxylation is 2. The summed E-state index contributed by atoms with van der Waals surface area (Å²) in [6.45, 7) is 5.09. The first-order chi connectivity index (χ1) is 11.5. The number of rotatable bonds is 3. The highest BCUT2D eigenvalue weighted by molar-refractivity contribution is 5.95. The summed E-state index contributed by atoms with van der Waals surface area (Å²) in [7, 11) is 0. The van der Waals surface area contributed by atoms with Crippen LogP contribution in [0.3, 0.4) is 0 Å². The molecule has 1 aliphatic heterocycles. The molecule has 2 aromatic rings. The van der Waals surface area contributed by atoms with E-state index in [2.05, 4.69) is 5.32 Å². The molecule has 2 heterocycles. The van der Waals surface area contributed by atoms with E-state index < -0.39 is 0 Å². The standard InChI is InChI=1S/C19H22N2O3/c1-13-7-8-16(14(2)11-13)20-18(22)15-5-3-9-21(12-15)19(23)17-6-4-10-24-17/h4,6-8,10-11,15H,3,5,9,12H2,1-2H3,(H,20,22)/t15-/m1/s1. The Hall–Kier alpha value is -2.56. The third kappa shape index (κ3) is 3.50. The van der Waals surface area contributed by atoms with Crippen LogP contribution in [0.25, 0.3) is 0 Å². The number of nitrogens with one attached hydrogen (secondary N) is 1. The van der Waals surface area contributed by atoms with Gasteiger partial charge in [-0.1, -0.05) is 17.7 Å². The molecular weight excluding hydrogens is 304 g/mol. The van der Waals surface area contributed by atoms with Crippen molar-refractivity contribution in [1.29, 1.82) is 0 Å². The van der Waals surface area contributed by atoms with E-state index in [1.807, 2.05) is 32.0 Å². The maximum absolute atomic E-state index is 12.6. The maximum Gasteiger partial charge on any atom is 0.289 e. The number of benzene rings is 1. The van der Waals surface area contributed by atoms with Crippen LogP contribution >= 0.6 is 0 Å². The lowest BCUT2D eigenvalue weighted by atomic mass is 9.96. The van der Waals surface area contributed by atoms with E-state index in [0.717, 1.165) is 24.1 Å². The van der Waals surface area contributed by atoms with Gasteiger partial charge < -0.3 is 14.6 Å². The van der Waals surface area contributed by atoms with Crippen molar-refractivity contribution in [3.8, 4) is 0 Å². The summed E-state index contributed by atoms with van der Waals surface area (Å²) in [5.74, 6) is -0.0493. The number of likely N-dealkylation sites (tertiary alicyclic amines) is 1. The largest absolute Gasteiger partial charge is 0.459 e. The smallest absolute Gasteiger partial charge is 0.289 e. The molecule has 0 spiro atoms. The molecule has 0 bridgehead atoms. The molecule has 0 saturated carbocycles. The Morgan fingerprint density at radius 3 is 2.79 bits per heavy atom. The minimum absolute atomic E-state index is 0.0288. The van der Waals surface area contributed by atoms with Crippen molar-refractivity contribution in [3.63, 3.8) is 0 Å². The summed E-state index contributed by atoms with van der Waals surface area (Å²) < 4.78 is 5.18. The van der Waals surface area contributed by atoms with Crippen LogP contribution in [0.15, 0.2) is 41.0 Å². The molecule has 5 heteroatoms. The van der Waals surface area contributed by atoms with Gasteiger partial charge in [-0.15, -0.1) is 0 Å². The van der Waals surface area contributed by atoms with Gasteiger partial charge in [-0.2, -0.15) is 0 Å². The normalized spacial score (nSPS) is 17.6. The highest BCUT2D eigenvalue weighted by Gasteiger charge is 2.30. The Morgan fingerprint density at radius 2 is 2.08 bits per heavy atom. The van der Waals surface area contributed by atoms with Crippen molar-refractivity contribution < 1.29 is 14.0 Å². The lowest BCUT2D eigenvalue weighted by Gasteiger charge is -2.31. The Kier molecular flexibility index (Phi) is 4.69. The number of carbonyl (C=O) groups is 2. The van der Waals surface area contributed by atoms with Crippen LogP contribution in [-0.4, -0.2) is 29.8 Å². The topological polar surface area (TPSA) is 62.6 Å². The fourth-order valence-corrected chi connectivity index (χ4v) is 3.12. The fourth-order valence-electron chi connectivity index (χ4n) is 3.12. The fraction of sp³-hybridized carbons (Fsp3) is 0.368. The van der Waals surface area contributed by atoms with Crippen LogP contribution in [0.4, 0.5) is 5.69 Å². The second kappa shape index (κ2) is 6.91. The predicted octanol–water partition coefficient (Wildman–Crippen LogP) is 3.39. The van der Waals surface area contributed by atoms with Crippen molar-refractivity contribution >= 4 is 17.5 Å². The quantitative estimate of drug-likeness (QED) is 0.940. The number of hydrogen-bond donors (Lipinski definition) is 1. The molecule has 0 unspecified atom stereocenters. The van der Waals surface area contributed by atoms with Crippen molar-refractivity contribution in [2.75, 3.05) is 18.4 Å². The minimum Gasteiger partial charge on any atom is -0.459 e. The SMILES string of the molecule is Cc1ccc(NC(=O)[C@@H]2CCCN(C(=O)c3ccco3)C2)c(C)c1. The van der Waals surface area contributed by atoms with E-state index in [4.69, 9.17) is 4.42 Å². The third-order valence-electron chi connectivity index (χ3n) is 4.45. The van der Waals surface area contributed by atoms with E-state index in [9.17, 15) is 9.59 Å². The Labute approximate surface area is 141 Å². The van der Waals surface area contributed by atoms with Gasteiger partial charge in [0.25, 0.3) is 5.91 Å². The Bertz CT molecular complexity index is 737. The molecule has 1 saturated heterocycles. The number of anilines is 1. The van der Waals surface area contributed by atoms with Gasteiger partial charge in [0, 0.05) is 18.8 Å². The molecule has 1 aliphatic rings. The van der Waals surface area contributed by atoms with Crippen LogP contribution in [0.5, 0.6) is 0 Å². The summed E-state index contributed by atoms with van der Waals surface area (Å²) in [5, 5.41) is 3.00. The zero-order valence-corrected chi connectivity index (χ0v) is 14.0. The van der Waals surface area contributed by atoms with Crippen LogP contribution in [-0.2, 0) is 4.79 Å². The number of nitrogens with zero attached hydrogens (tertiary/aromatic N) is 1. The van der Waals surface area contributed by atoms with Gasteiger partial charge in [-0.05, 0) is 50.5 Å². The highest BCUT2D eigenvalue weighted by Crippen LogP contribution is 2.22. The van der Waals surface area contributed by atoms with Crippen molar-refractivity contribution in [3.05, 3.63) is 53.5 Å². The molecule has 2 amide bonds. The van der Waals surface area contributed by atoms with Crippen molar-refractivity contribution in [2.45, 2.75) is 26.7 Å². The van der Waals surface area contributed by atoms with E-state index in [0.29, 0.717) is 18.8 Å². The summed E-state index contributed by atoms with van der Waals surface area (Å²) in [6.07, 6.45) is 3.09. The lowest BCUT2D eigenvalue weighted by molar-refractivity contribution is -0.121. The van der Waals surface area contributed by atoms with Gasteiger partial charge in [0.2, 0.25) is 5.91 Å². The monoisotopic (exact) mass is 326 g/mol. The number of carbonyl (C=O) groups excluding carboxylic acids is 2. The minimum atomic E-state index is -0.196. The summed E-state index contributed by atoms with van der Waals surface area (Å²) >= 11 is 0. The van der Waals surface area contributed by atoms with E-state index in [-0.39, 0.29) is 17.7 Å². The zero-order valence-electron chi connectivity index (χ0n) is 14.0. The molecule has 3 rings (SSSR count). The van der Waals surface area contributed by atoms with Crippen LogP contribution in [0.1, 0.15) is 34.5 Å². The lowest BCUT2D eigenvalue weighted by Crippen LogP contribution is -2.43. The predicted molar refractivity (Wildman–Crippen MR) is 91.9 cm³/mol. The van der Waals surface area contributed by atoms with Gasteiger partial charge in [0.05, 0.1) is 12.2 Å². The van der Waals surface area contributed by atoms with Gasteiger partial charge >= 0.3 is 0 Å². The molecule has 0 radical (unpaired) electrons. The second-order valence-corrected chi connectivity index (χ2v) is 6.38.